The number of carbonyl (C=O) groups is 1. The van der Waals surface area contributed by atoms with E-state index in [1.54, 1.807) is 30.3 Å². The van der Waals surface area contributed by atoms with Crippen LogP contribution in [0.15, 0.2) is 56.2 Å². The fourth-order valence-electron chi connectivity index (χ4n) is 3.04. The first-order valence-electron chi connectivity index (χ1n) is 9.18. The summed E-state index contributed by atoms with van der Waals surface area (Å²) in [6, 6.07) is 11.0. The van der Waals surface area contributed by atoms with Crippen LogP contribution in [0.2, 0.25) is 5.02 Å². The molecule has 2 aromatic carbocycles. The number of rotatable bonds is 4. The van der Waals surface area contributed by atoms with Gasteiger partial charge in [0.1, 0.15) is 5.84 Å². The van der Waals surface area contributed by atoms with Gasteiger partial charge in [0.15, 0.2) is 0 Å². The Morgan fingerprint density at radius 1 is 1.17 bits per heavy atom. The summed E-state index contributed by atoms with van der Waals surface area (Å²) in [5, 5.41) is 2.99. The first-order chi connectivity index (χ1) is 13.8. The summed E-state index contributed by atoms with van der Waals surface area (Å²) < 4.78 is 30.4. The van der Waals surface area contributed by atoms with Gasteiger partial charge in [-0.05, 0) is 49.2 Å². The zero-order valence-corrected chi connectivity index (χ0v) is 19.0. The standard InChI is InChI=1S/C20H21BrClN3O3S/c1-25-11-4-2-3-8-19(25)24-29(27,28)16-7-5-6-15(13-16)23-20(26)17-10-9-14(21)12-18(17)22/h5-7,9-10,12-13H,2-4,8,11H2,1H3,(H,23,26)/b24-19-. The van der Waals surface area contributed by atoms with Crippen molar-refractivity contribution in [3.05, 3.63) is 57.5 Å². The van der Waals surface area contributed by atoms with Gasteiger partial charge >= 0.3 is 0 Å². The number of amides is 1. The molecule has 0 aliphatic carbocycles. The van der Waals surface area contributed by atoms with Crippen LogP contribution < -0.4 is 5.32 Å². The van der Waals surface area contributed by atoms with Gasteiger partial charge in [0.25, 0.3) is 15.9 Å². The van der Waals surface area contributed by atoms with Crippen LogP contribution in [-0.4, -0.2) is 38.7 Å². The minimum Gasteiger partial charge on any atom is -0.362 e. The zero-order valence-electron chi connectivity index (χ0n) is 15.9. The maximum atomic E-state index is 12.8. The third-order valence-corrected chi connectivity index (χ3v) is 6.73. The number of hydrogen-bond donors (Lipinski definition) is 1. The minimum absolute atomic E-state index is 0.0300. The van der Waals surface area contributed by atoms with Crippen LogP contribution >= 0.6 is 27.5 Å². The summed E-state index contributed by atoms with van der Waals surface area (Å²) in [4.78, 5) is 14.4. The van der Waals surface area contributed by atoms with Gasteiger partial charge in [-0.1, -0.05) is 40.0 Å². The van der Waals surface area contributed by atoms with E-state index in [9.17, 15) is 13.2 Å². The van der Waals surface area contributed by atoms with Crippen LogP contribution in [0.3, 0.4) is 0 Å². The molecular weight excluding hydrogens is 478 g/mol. The third kappa shape index (κ3) is 5.58. The second kappa shape index (κ2) is 9.28. The molecule has 1 fully saturated rings. The quantitative estimate of drug-likeness (QED) is 0.647. The lowest BCUT2D eigenvalue weighted by Crippen LogP contribution is -2.26. The van der Waals surface area contributed by atoms with Crippen molar-refractivity contribution in [2.45, 2.75) is 30.6 Å². The smallest absolute Gasteiger partial charge is 0.284 e. The maximum absolute atomic E-state index is 12.8. The van der Waals surface area contributed by atoms with Crippen LogP contribution in [0.25, 0.3) is 0 Å². The van der Waals surface area contributed by atoms with Gasteiger partial charge in [-0.3, -0.25) is 4.79 Å². The average molecular weight is 499 g/mol. The summed E-state index contributed by atoms with van der Waals surface area (Å²) in [6.45, 7) is 0.790. The van der Waals surface area contributed by atoms with Crippen LogP contribution in [-0.2, 0) is 10.0 Å². The molecule has 1 heterocycles. The van der Waals surface area contributed by atoms with Gasteiger partial charge in [-0.2, -0.15) is 8.42 Å². The molecule has 0 atom stereocenters. The fraction of sp³-hybridized carbons (Fsp3) is 0.300. The van der Waals surface area contributed by atoms with E-state index in [0.717, 1.165) is 30.3 Å². The van der Waals surface area contributed by atoms with E-state index in [-0.39, 0.29) is 4.90 Å². The summed E-state index contributed by atoms with van der Waals surface area (Å²) in [6.07, 6.45) is 3.64. The van der Waals surface area contributed by atoms with Crippen molar-refractivity contribution in [1.82, 2.24) is 4.90 Å². The Bertz CT molecular complexity index is 1060. The number of sulfonamides is 1. The molecule has 0 spiro atoms. The number of anilines is 1. The van der Waals surface area contributed by atoms with Gasteiger partial charge in [0.05, 0.1) is 15.5 Å². The lowest BCUT2D eigenvalue weighted by atomic mass is 10.2. The Labute approximate surface area is 184 Å². The number of halogens is 2. The van der Waals surface area contributed by atoms with E-state index in [1.165, 1.54) is 12.1 Å². The first-order valence-corrected chi connectivity index (χ1v) is 11.8. The summed E-state index contributed by atoms with van der Waals surface area (Å²) in [5.74, 6) is 0.144. The number of likely N-dealkylation sites (tertiary alicyclic amines) is 1. The largest absolute Gasteiger partial charge is 0.362 e. The molecule has 1 saturated heterocycles. The third-order valence-electron chi connectivity index (χ3n) is 4.63. The Morgan fingerprint density at radius 2 is 1.97 bits per heavy atom. The van der Waals surface area contributed by atoms with Crippen molar-refractivity contribution in [2.75, 3.05) is 18.9 Å². The molecular formula is C20H21BrClN3O3S. The van der Waals surface area contributed by atoms with Crippen molar-refractivity contribution in [3.8, 4) is 0 Å². The number of benzene rings is 2. The molecule has 1 aliphatic heterocycles. The summed E-state index contributed by atoms with van der Waals surface area (Å²) in [7, 11) is -2.02. The molecule has 0 bridgehead atoms. The average Bonchev–Trinajstić information content (AvgIpc) is 2.86. The molecule has 1 N–H and O–H groups in total. The number of nitrogens with one attached hydrogen (secondary N) is 1. The molecule has 154 valence electrons. The molecule has 2 aromatic rings. The Morgan fingerprint density at radius 3 is 2.72 bits per heavy atom. The number of amidine groups is 1. The lowest BCUT2D eigenvalue weighted by Gasteiger charge is -2.17. The molecule has 0 radical (unpaired) electrons. The van der Waals surface area contributed by atoms with Crippen LogP contribution in [0.1, 0.15) is 36.0 Å². The summed E-state index contributed by atoms with van der Waals surface area (Å²) >= 11 is 9.42. The predicted molar refractivity (Wildman–Crippen MR) is 119 cm³/mol. The Balaban J connectivity index is 1.84. The monoisotopic (exact) mass is 497 g/mol. The minimum atomic E-state index is -3.88. The van der Waals surface area contributed by atoms with E-state index in [2.05, 4.69) is 25.6 Å². The van der Waals surface area contributed by atoms with Crippen molar-refractivity contribution in [1.29, 1.82) is 0 Å². The second-order valence-electron chi connectivity index (χ2n) is 6.82. The fourth-order valence-corrected chi connectivity index (χ4v) is 4.94. The van der Waals surface area contributed by atoms with Crippen LogP contribution in [0.4, 0.5) is 5.69 Å². The maximum Gasteiger partial charge on any atom is 0.284 e. The normalized spacial score (nSPS) is 16.5. The number of carbonyl (C=O) groups excluding carboxylic acids is 1. The first kappa shape index (κ1) is 21.8. The molecule has 6 nitrogen and oxygen atoms in total. The molecule has 0 unspecified atom stereocenters. The van der Waals surface area contributed by atoms with E-state index in [0.29, 0.717) is 28.5 Å². The Hall–Kier alpha value is -1.90. The number of nitrogens with zero attached hydrogens (tertiary/aromatic N) is 2. The van der Waals surface area contributed by atoms with Crippen molar-refractivity contribution in [3.63, 3.8) is 0 Å². The highest BCUT2D eigenvalue weighted by atomic mass is 79.9. The molecule has 1 amide bonds. The lowest BCUT2D eigenvalue weighted by molar-refractivity contribution is 0.102. The molecule has 0 saturated carbocycles. The van der Waals surface area contributed by atoms with Gasteiger partial charge < -0.3 is 10.2 Å². The molecule has 29 heavy (non-hydrogen) atoms. The number of hydrogen-bond acceptors (Lipinski definition) is 3. The summed E-state index contributed by atoms with van der Waals surface area (Å²) in [5.41, 5.74) is 0.646. The second-order valence-corrected chi connectivity index (χ2v) is 9.75. The highest BCUT2D eigenvalue weighted by Gasteiger charge is 2.19. The SMILES string of the molecule is CN1CCCCC/C1=N/S(=O)(=O)c1cccc(NC(=O)c2ccc(Br)cc2Cl)c1. The van der Waals surface area contributed by atoms with Crippen LogP contribution in [0.5, 0.6) is 0 Å². The molecule has 9 heteroatoms. The zero-order chi connectivity index (χ0) is 21.0. The van der Waals surface area contributed by atoms with E-state index in [1.807, 2.05) is 11.9 Å². The topological polar surface area (TPSA) is 78.8 Å². The van der Waals surface area contributed by atoms with Crippen molar-refractivity contribution < 1.29 is 13.2 Å². The van der Waals surface area contributed by atoms with Crippen molar-refractivity contribution >= 4 is 55.0 Å². The van der Waals surface area contributed by atoms with E-state index >= 15 is 0 Å². The van der Waals surface area contributed by atoms with Gasteiger partial charge in [0, 0.05) is 30.2 Å². The van der Waals surface area contributed by atoms with Crippen molar-refractivity contribution in [2.24, 2.45) is 4.40 Å². The molecule has 1 aliphatic rings. The molecule has 0 aromatic heterocycles. The highest BCUT2D eigenvalue weighted by Crippen LogP contribution is 2.24. The van der Waals surface area contributed by atoms with Gasteiger partial charge in [-0.15, -0.1) is 4.40 Å². The van der Waals surface area contributed by atoms with Crippen LogP contribution in [0, 0.1) is 0 Å². The van der Waals surface area contributed by atoms with Gasteiger partial charge in [-0.25, -0.2) is 0 Å². The highest BCUT2D eigenvalue weighted by molar-refractivity contribution is 9.10. The van der Waals surface area contributed by atoms with Gasteiger partial charge in [0.2, 0.25) is 0 Å². The Kier molecular flexibility index (Phi) is 6.97. The predicted octanol–water partition coefficient (Wildman–Crippen LogP) is 4.95. The van der Waals surface area contributed by atoms with E-state index < -0.39 is 15.9 Å². The van der Waals surface area contributed by atoms with E-state index in [4.69, 9.17) is 11.6 Å². The molecule has 3 rings (SSSR count).